The predicted molar refractivity (Wildman–Crippen MR) is 67.2 cm³/mol. The van der Waals surface area contributed by atoms with Gasteiger partial charge in [0.1, 0.15) is 6.10 Å². The van der Waals surface area contributed by atoms with Crippen LogP contribution >= 0.6 is 0 Å². The molecule has 3 heteroatoms. The highest BCUT2D eigenvalue weighted by Gasteiger charge is 2.12. The molecule has 0 saturated heterocycles. The Morgan fingerprint density at radius 1 is 1.06 bits per heavy atom. The Morgan fingerprint density at radius 2 is 1.56 bits per heavy atom. The van der Waals surface area contributed by atoms with Gasteiger partial charge in [0.15, 0.2) is 0 Å². The van der Waals surface area contributed by atoms with E-state index in [-0.39, 0.29) is 12.0 Å². The molecule has 0 rings (SSSR count). The largest absolute Gasteiger partial charge is 0.372 e. The molecular weight excluding hydrogens is 202 g/mol. The molecule has 0 bridgehead atoms. The average molecular weight is 229 g/mol. The van der Waals surface area contributed by atoms with E-state index in [0.717, 1.165) is 12.8 Å². The lowest BCUT2D eigenvalue weighted by Gasteiger charge is -2.10. The molecule has 1 amide bonds. The third-order valence-corrected chi connectivity index (χ3v) is 2.92. The van der Waals surface area contributed by atoms with Crippen LogP contribution in [-0.4, -0.2) is 19.1 Å². The van der Waals surface area contributed by atoms with Crippen LogP contribution in [0.15, 0.2) is 0 Å². The van der Waals surface area contributed by atoms with Crippen LogP contribution in [0.3, 0.4) is 0 Å². The van der Waals surface area contributed by atoms with Crippen LogP contribution in [-0.2, 0) is 9.53 Å². The first kappa shape index (κ1) is 15.4. The van der Waals surface area contributed by atoms with Crippen molar-refractivity contribution >= 4 is 5.91 Å². The van der Waals surface area contributed by atoms with Crippen molar-refractivity contribution in [2.75, 3.05) is 7.11 Å². The first-order valence-corrected chi connectivity index (χ1v) is 6.54. The fourth-order valence-electron chi connectivity index (χ4n) is 1.84. The van der Waals surface area contributed by atoms with Gasteiger partial charge >= 0.3 is 0 Å². The Labute approximate surface area is 99.7 Å². The first-order chi connectivity index (χ1) is 7.72. The molecule has 0 spiro atoms. The van der Waals surface area contributed by atoms with Gasteiger partial charge in [-0.25, -0.2) is 0 Å². The zero-order valence-corrected chi connectivity index (χ0v) is 10.8. The van der Waals surface area contributed by atoms with E-state index in [0.29, 0.717) is 0 Å². The molecule has 0 aliphatic heterocycles. The number of rotatable bonds is 11. The van der Waals surface area contributed by atoms with Crippen molar-refractivity contribution in [2.45, 2.75) is 70.8 Å². The number of amides is 1. The van der Waals surface area contributed by atoms with E-state index in [1.807, 2.05) is 0 Å². The fourth-order valence-corrected chi connectivity index (χ4v) is 1.84. The summed E-state index contributed by atoms with van der Waals surface area (Å²) in [6.07, 6.45) is 10.5. The minimum atomic E-state index is -0.389. The standard InChI is InChI=1S/C13H27NO2/c1-3-4-5-6-7-8-9-10-11-12(16-2)13(14)15/h12H,3-11H2,1-2H3,(H2,14,15). The van der Waals surface area contributed by atoms with Gasteiger partial charge in [0.25, 0.3) is 0 Å². The van der Waals surface area contributed by atoms with Crippen molar-refractivity contribution < 1.29 is 9.53 Å². The molecule has 1 unspecified atom stereocenters. The van der Waals surface area contributed by atoms with Crippen molar-refractivity contribution in [2.24, 2.45) is 5.73 Å². The SMILES string of the molecule is CCCCCCCCCCC(OC)C(N)=O. The van der Waals surface area contributed by atoms with Crippen LogP contribution in [0.1, 0.15) is 64.7 Å². The van der Waals surface area contributed by atoms with Crippen molar-refractivity contribution in [3.05, 3.63) is 0 Å². The molecule has 0 aliphatic carbocycles. The summed E-state index contributed by atoms with van der Waals surface area (Å²) in [6.45, 7) is 2.23. The second kappa shape index (κ2) is 10.9. The molecule has 0 heterocycles. The topological polar surface area (TPSA) is 52.3 Å². The smallest absolute Gasteiger partial charge is 0.246 e. The number of nitrogens with two attached hydrogens (primary N) is 1. The van der Waals surface area contributed by atoms with E-state index >= 15 is 0 Å². The van der Waals surface area contributed by atoms with Crippen molar-refractivity contribution in [3.8, 4) is 0 Å². The molecule has 0 aromatic carbocycles. The second-order valence-electron chi connectivity index (χ2n) is 4.39. The third-order valence-electron chi connectivity index (χ3n) is 2.92. The average Bonchev–Trinajstić information content (AvgIpc) is 2.26. The molecule has 0 aromatic rings. The van der Waals surface area contributed by atoms with Crippen LogP contribution in [0, 0.1) is 0 Å². The van der Waals surface area contributed by atoms with E-state index < -0.39 is 0 Å². The molecule has 0 aliphatic rings. The number of hydrogen-bond acceptors (Lipinski definition) is 2. The van der Waals surface area contributed by atoms with Gasteiger partial charge in [0.2, 0.25) is 5.91 Å². The van der Waals surface area contributed by atoms with Gasteiger partial charge in [-0.05, 0) is 6.42 Å². The fraction of sp³-hybridized carbons (Fsp3) is 0.923. The number of unbranched alkanes of at least 4 members (excludes halogenated alkanes) is 7. The van der Waals surface area contributed by atoms with Gasteiger partial charge in [-0.15, -0.1) is 0 Å². The predicted octanol–water partition coefficient (Wildman–Crippen LogP) is 3.02. The molecule has 3 nitrogen and oxygen atoms in total. The summed E-state index contributed by atoms with van der Waals surface area (Å²) in [5, 5.41) is 0. The zero-order chi connectivity index (χ0) is 12.2. The number of ether oxygens (including phenoxy) is 1. The molecule has 0 saturated carbocycles. The monoisotopic (exact) mass is 229 g/mol. The number of hydrogen-bond donors (Lipinski definition) is 1. The summed E-state index contributed by atoms with van der Waals surface area (Å²) >= 11 is 0. The van der Waals surface area contributed by atoms with Gasteiger partial charge in [0.05, 0.1) is 0 Å². The normalized spacial score (nSPS) is 12.6. The van der Waals surface area contributed by atoms with Crippen LogP contribution in [0.5, 0.6) is 0 Å². The Kier molecular flexibility index (Phi) is 10.5. The van der Waals surface area contributed by atoms with Crippen molar-refractivity contribution in [3.63, 3.8) is 0 Å². The van der Waals surface area contributed by atoms with Crippen LogP contribution in [0.4, 0.5) is 0 Å². The molecule has 96 valence electrons. The Hall–Kier alpha value is -0.570. The van der Waals surface area contributed by atoms with Gasteiger partial charge in [-0.3, -0.25) is 4.79 Å². The van der Waals surface area contributed by atoms with Crippen molar-refractivity contribution in [1.82, 2.24) is 0 Å². The number of carbonyl (C=O) groups excluding carboxylic acids is 1. The molecule has 0 fully saturated rings. The lowest BCUT2D eigenvalue weighted by Crippen LogP contribution is -2.30. The highest BCUT2D eigenvalue weighted by Crippen LogP contribution is 2.11. The molecular formula is C13H27NO2. The summed E-state index contributed by atoms with van der Waals surface area (Å²) < 4.78 is 5.00. The van der Waals surface area contributed by atoms with Gasteiger partial charge in [-0.1, -0.05) is 58.3 Å². The zero-order valence-electron chi connectivity index (χ0n) is 10.8. The summed E-state index contributed by atoms with van der Waals surface area (Å²) in [5.74, 6) is -0.342. The maximum atomic E-state index is 10.9. The number of primary amides is 1. The first-order valence-electron chi connectivity index (χ1n) is 6.54. The second-order valence-corrected chi connectivity index (χ2v) is 4.39. The number of carbonyl (C=O) groups is 1. The summed E-state index contributed by atoms with van der Waals surface area (Å²) in [7, 11) is 1.54. The minimum Gasteiger partial charge on any atom is -0.372 e. The Balaban J connectivity index is 3.22. The minimum absolute atomic E-state index is 0.342. The van der Waals surface area contributed by atoms with Gasteiger partial charge in [0, 0.05) is 7.11 Å². The van der Waals surface area contributed by atoms with E-state index in [1.165, 1.54) is 44.9 Å². The highest BCUT2D eigenvalue weighted by molar-refractivity contribution is 5.78. The Bertz CT molecular complexity index is 171. The summed E-state index contributed by atoms with van der Waals surface area (Å²) in [6, 6.07) is 0. The van der Waals surface area contributed by atoms with Crippen LogP contribution in [0.2, 0.25) is 0 Å². The summed E-state index contributed by atoms with van der Waals surface area (Å²) in [5.41, 5.74) is 5.18. The van der Waals surface area contributed by atoms with E-state index in [4.69, 9.17) is 10.5 Å². The van der Waals surface area contributed by atoms with Gasteiger partial charge < -0.3 is 10.5 Å². The maximum Gasteiger partial charge on any atom is 0.246 e. The molecule has 0 radical (unpaired) electrons. The lowest BCUT2D eigenvalue weighted by molar-refractivity contribution is -0.128. The van der Waals surface area contributed by atoms with Crippen LogP contribution < -0.4 is 5.73 Å². The number of methoxy groups -OCH3 is 1. The lowest BCUT2D eigenvalue weighted by atomic mass is 10.1. The molecule has 0 aromatic heterocycles. The molecule has 16 heavy (non-hydrogen) atoms. The maximum absolute atomic E-state index is 10.9. The van der Waals surface area contributed by atoms with E-state index in [9.17, 15) is 4.79 Å². The molecule has 1 atom stereocenters. The Morgan fingerprint density at radius 3 is 2.00 bits per heavy atom. The quantitative estimate of drug-likeness (QED) is 0.554. The third kappa shape index (κ3) is 8.72. The molecule has 2 N–H and O–H groups in total. The van der Waals surface area contributed by atoms with Gasteiger partial charge in [-0.2, -0.15) is 0 Å². The van der Waals surface area contributed by atoms with E-state index in [1.54, 1.807) is 7.11 Å². The summed E-state index contributed by atoms with van der Waals surface area (Å²) in [4.78, 5) is 10.9. The highest BCUT2D eigenvalue weighted by atomic mass is 16.5. The van der Waals surface area contributed by atoms with E-state index in [2.05, 4.69) is 6.92 Å². The van der Waals surface area contributed by atoms with Crippen LogP contribution in [0.25, 0.3) is 0 Å². The van der Waals surface area contributed by atoms with Crippen molar-refractivity contribution in [1.29, 1.82) is 0 Å².